The molecule has 0 aliphatic rings. The van der Waals surface area contributed by atoms with Gasteiger partial charge < -0.3 is 15.3 Å². The molecule has 0 heterocycles. The van der Waals surface area contributed by atoms with Crippen LogP contribution in [0.4, 0.5) is 0 Å². The van der Waals surface area contributed by atoms with Crippen molar-refractivity contribution in [3.8, 4) is 0 Å². The van der Waals surface area contributed by atoms with E-state index in [1.165, 1.54) is 11.6 Å². The van der Waals surface area contributed by atoms with Gasteiger partial charge in [-0.25, -0.2) is 0 Å². The first kappa shape index (κ1) is 22.8. The van der Waals surface area contributed by atoms with Gasteiger partial charge in [-0.05, 0) is 57.9 Å². The lowest BCUT2D eigenvalue weighted by Gasteiger charge is -2.22. The molecule has 3 unspecified atom stereocenters. The number of hydrogen-bond donors (Lipinski definition) is 3. The average Bonchev–Trinajstić information content (AvgIpc) is 2.52. The van der Waals surface area contributed by atoms with Crippen molar-refractivity contribution in [2.45, 2.75) is 71.8 Å². The zero-order valence-electron chi connectivity index (χ0n) is 15.6. The molecule has 0 aromatic rings. The third kappa shape index (κ3) is 7.59. The summed E-state index contributed by atoms with van der Waals surface area (Å²) in [6.45, 7) is 13.3. The number of rotatable bonds is 10. The zero-order valence-corrected chi connectivity index (χ0v) is 16.4. The third-order valence-electron chi connectivity index (χ3n) is 4.04. The Labute approximate surface area is 152 Å². The Morgan fingerprint density at radius 1 is 1.21 bits per heavy atom. The highest BCUT2D eigenvalue weighted by Crippen LogP contribution is 2.28. The van der Waals surface area contributed by atoms with Gasteiger partial charge in [0, 0.05) is 0 Å². The summed E-state index contributed by atoms with van der Waals surface area (Å²) in [5.74, 6) is -0.0712. The van der Waals surface area contributed by atoms with Gasteiger partial charge in [0.25, 0.3) is 0 Å². The van der Waals surface area contributed by atoms with Crippen LogP contribution in [0.25, 0.3) is 0 Å². The van der Waals surface area contributed by atoms with E-state index < -0.39 is 11.5 Å². The zero-order chi connectivity index (χ0) is 18.9. The van der Waals surface area contributed by atoms with Crippen molar-refractivity contribution < 1.29 is 15.3 Å². The fourth-order valence-corrected chi connectivity index (χ4v) is 2.51. The average molecular weight is 357 g/mol. The standard InChI is InChI=1S/C20H33ClO3/c1-7-15(6)19(23)18(20(24)16(21)8-2)17(22)12-14(5)11-9-10-13(3)4/h7,10,14,16-17,22-24H,1,8-9,11-12H2,2-6H3/b19-15-,20-18+. The molecule has 0 radical (unpaired) electrons. The number of hydrogen-bond acceptors (Lipinski definition) is 3. The lowest BCUT2D eigenvalue weighted by molar-refractivity contribution is 0.163. The van der Waals surface area contributed by atoms with Crippen molar-refractivity contribution >= 4 is 11.6 Å². The largest absolute Gasteiger partial charge is 0.510 e. The van der Waals surface area contributed by atoms with Gasteiger partial charge >= 0.3 is 0 Å². The van der Waals surface area contributed by atoms with E-state index in [0.717, 1.165) is 12.8 Å². The number of allylic oxidation sites excluding steroid dienone is 5. The van der Waals surface area contributed by atoms with E-state index in [9.17, 15) is 15.3 Å². The van der Waals surface area contributed by atoms with Gasteiger partial charge in [0.15, 0.2) is 0 Å². The Morgan fingerprint density at radius 2 is 1.79 bits per heavy atom. The highest BCUT2D eigenvalue weighted by Gasteiger charge is 2.25. The topological polar surface area (TPSA) is 60.7 Å². The van der Waals surface area contributed by atoms with Crippen molar-refractivity contribution in [1.29, 1.82) is 0 Å². The van der Waals surface area contributed by atoms with Crippen LogP contribution in [0.1, 0.15) is 60.3 Å². The van der Waals surface area contributed by atoms with E-state index in [1.54, 1.807) is 6.92 Å². The van der Waals surface area contributed by atoms with Crippen LogP contribution in [0.5, 0.6) is 0 Å². The Balaban J connectivity index is 5.38. The van der Waals surface area contributed by atoms with Crippen LogP contribution in [0.3, 0.4) is 0 Å². The number of aliphatic hydroxyl groups excluding tert-OH is 3. The molecule has 0 aromatic carbocycles. The lowest BCUT2D eigenvalue weighted by Crippen LogP contribution is -2.21. The molecular weight excluding hydrogens is 324 g/mol. The van der Waals surface area contributed by atoms with E-state index >= 15 is 0 Å². The summed E-state index contributed by atoms with van der Waals surface area (Å²) < 4.78 is 0. The molecule has 0 aromatic heterocycles. The molecule has 0 saturated carbocycles. The summed E-state index contributed by atoms with van der Waals surface area (Å²) in [4.78, 5) is 0. The maximum atomic E-state index is 10.6. The monoisotopic (exact) mass is 356 g/mol. The first-order valence-electron chi connectivity index (χ1n) is 8.56. The van der Waals surface area contributed by atoms with Crippen molar-refractivity contribution in [2.24, 2.45) is 5.92 Å². The van der Waals surface area contributed by atoms with Gasteiger partial charge in [0.2, 0.25) is 0 Å². The molecule has 24 heavy (non-hydrogen) atoms. The second-order valence-corrected chi connectivity index (χ2v) is 7.15. The maximum Gasteiger partial charge on any atom is 0.127 e. The molecule has 138 valence electrons. The Hall–Kier alpha value is -1.19. The molecule has 0 aliphatic heterocycles. The van der Waals surface area contributed by atoms with Crippen LogP contribution in [0.15, 0.2) is 47.0 Å². The molecule has 0 bridgehead atoms. The van der Waals surface area contributed by atoms with Gasteiger partial charge in [-0.1, -0.05) is 38.2 Å². The van der Waals surface area contributed by atoms with E-state index in [0.29, 0.717) is 18.4 Å². The number of alkyl halides is 1. The third-order valence-corrected chi connectivity index (χ3v) is 4.55. The molecular formula is C20H33ClO3. The summed E-state index contributed by atoms with van der Waals surface area (Å²) >= 11 is 6.12. The molecule has 0 spiro atoms. The van der Waals surface area contributed by atoms with Gasteiger partial charge in [0.05, 0.1) is 17.1 Å². The quantitative estimate of drug-likeness (QED) is 0.195. The minimum Gasteiger partial charge on any atom is -0.510 e. The molecule has 0 saturated heterocycles. The van der Waals surface area contributed by atoms with Gasteiger partial charge in [0.1, 0.15) is 11.5 Å². The first-order valence-corrected chi connectivity index (χ1v) is 9.00. The first-order chi connectivity index (χ1) is 11.1. The molecule has 3 nitrogen and oxygen atoms in total. The molecule has 0 fully saturated rings. The van der Waals surface area contributed by atoms with E-state index in [-0.39, 0.29) is 23.0 Å². The SMILES string of the molecule is C=C/C(C)=C(O)/C(=C(/O)C(Cl)CC)C(O)CC(C)CCC=C(C)C. The smallest absolute Gasteiger partial charge is 0.127 e. The predicted molar refractivity (Wildman–Crippen MR) is 104 cm³/mol. The summed E-state index contributed by atoms with van der Waals surface area (Å²) in [7, 11) is 0. The van der Waals surface area contributed by atoms with Crippen LogP contribution in [-0.4, -0.2) is 26.8 Å². The lowest BCUT2D eigenvalue weighted by atomic mass is 9.91. The maximum absolute atomic E-state index is 10.6. The van der Waals surface area contributed by atoms with Crippen LogP contribution in [0, 0.1) is 5.92 Å². The normalized spacial score (nSPS) is 17.3. The van der Waals surface area contributed by atoms with E-state index in [1.807, 2.05) is 6.92 Å². The van der Waals surface area contributed by atoms with Gasteiger partial charge in [-0.2, -0.15) is 0 Å². The predicted octanol–water partition coefficient (Wildman–Crippen LogP) is 5.97. The van der Waals surface area contributed by atoms with Crippen molar-refractivity contribution in [3.05, 3.63) is 47.0 Å². The fraction of sp³-hybridized carbons (Fsp3) is 0.600. The molecule has 3 atom stereocenters. The summed E-state index contributed by atoms with van der Waals surface area (Å²) in [5, 5.41) is 30.7. The van der Waals surface area contributed by atoms with Gasteiger partial charge in [-0.3, -0.25) is 0 Å². The fourth-order valence-electron chi connectivity index (χ4n) is 2.39. The molecule has 0 aliphatic carbocycles. The van der Waals surface area contributed by atoms with E-state index in [4.69, 9.17) is 11.6 Å². The summed E-state index contributed by atoms with van der Waals surface area (Å²) in [6.07, 6.45) is 5.50. The number of aliphatic hydroxyl groups is 3. The van der Waals surface area contributed by atoms with Crippen molar-refractivity contribution in [1.82, 2.24) is 0 Å². The van der Waals surface area contributed by atoms with Crippen LogP contribution < -0.4 is 0 Å². The molecule has 4 heteroatoms. The Kier molecular flexibility index (Phi) is 10.8. The molecule has 0 rings (SSSR count). The minimum atomic E-state index is -0.977. The van der Waals surface area contributed by atoms with Crippen LogP contribution >= 0.6 is 11.6 Å². The number of halogens is 1. The Morgan fingerprint density at radius 3 is 2.25 bits per heavy atom. The highest BCUT2D eigenvalue weighted by molar-refractivity contribution is 6.22. The molecule has 3 N–H and O–H groups in total. The second-order valence-electron chi connectivity index (χ2n) is 6.63. The van der Waals surface area contributed by atoms with Crippen LogP contribution in [-0.2, 0) is 0 Å². The highest BCUT2D eigenvalue weighted by atomic mass is 35.5. The Bertz CT molecular complexity index is 499. The molecule has 0 amide bonds. The van der Waals surface area contributed by atoms with Crippen LogP contribution in [0.2, 0.25) is 0 Å². The summed E-state index contributed by atoms with van der Waals surface area (Å²) in [5.41, 5.74) is 1.88. The minimum absolute atomic E-state index is 0.114. The van der Waals surface area contributed by atoms with Gasteiger partial charge in [-0.15, -0.1) is 11.6 Å². The van der Waals surface area contributed by atoms with Crippen molar-refractivity contribution in [3.63, 3.8) is 0 Å². The van der Waals surface area contributed by atoms with Crippen molar-refractivity contribution in [2.75, 3.05) is 0 Å². The summed E-state index contributed by atoms with van der Waals surface area (Å²) in [6, 6.07) is 0. The van der Waals surface area contributed by atoms with E-state index in [2.05, 4.69) is 33.4 Å². The second kappa shape index (κ2) is 11.4.